The summed E-state index contributed by atoms with van der Waals surface area (Å²) in [5.41, 5.74) is 2.45. The molecule has 0 spiro atoms. The maximum absolute atomic E-state index is 12.6. The van der Waals surface area contributed by atoms with E-state index in [1.165, 1.54) is 11.3 Å². The summed E-state index contributed by atoms with van der Waals surface area (Å²) in [5, 5.41) is 17.4. The van der Waals surface area contributed by atoms with Gasteiger partial charge in [0, 0.05) is 35.9 Å². The molecule has 9 heteroatoms. The summed E-state index contributed by atoms with van der Waals surface area (Å²) in [6.07, 6.45) is 1.71. The molecular formula is C24H23N5O3S. The summed E-state index contributed by atoms with van der Waals surface area (Å²) in [6, 6.07) is 16.3. The standard InChI is InChI=1S/C24H23N5O3S/c1-3-25-21-18(24(31)29(32)4-2)11-12-19(28-21)15-7-9-17(10-8-15)27-22(30)20-14-16-6-5-13-26-23(16)33-20/h5-14,32H,3-4H2,1-2H3,(H,25,28)(H,27,30). The number of hydrogen-bond donors (Lipinski definition) is 3. The number of thiophene rings is 1. The monoisotopic (exact) mass is 461 g/mol. The number of rotatable bonds is 7. The van der Waals surface area contributed by atoms with Crippen molar-refractivity contribution in [3.8, 4) is 11.3 Å². The van der Waals surface area contributed by atoms with Gasteiger partial charge < -0.3 is 10.6 Å². The Morgan fingerprint density at radius 2 is 1.88 bits per heavy atom. The third-order valence-corrected chi connectivity index (χ3v) is 6.02. The molecule has 0 saturated carbocycles. The largest absolute Gasteiger partial charge is 0.370 e. The summed E-state index contributed by atoms with van der Waals surface area (Å²) in [5.74, 6) is -0.295. The van der Waals surface area contributed by atoms with Crippen molar-refractivity contribution in [1.82, 2.24) is 15.0 Å². The zero-order valence-corrected chi connectivity index (χ0v) is 19.0. The van der Waals surface area contributed by atoms with Crippen LogP contribution in [0.3, 0.4) is 0 Å². The SMILES string of the molecule is CCNc1nc(-c2ccc(NC(=O)c3cc4cccnc4s3)cc2)ccc1C(=O)N(O)CC. The molecular weight excluding hydrogens is 438 g/mol. The summed E-state index contributed by atoms with van der Waals surface area (Å²) in [7, 11) is 0. The van der Waals surface area contributed by atoms with Crippen molar-refractivity contribution in [2.45, 2.75) is 13.8 Å². The van der Waals surface area contributed by atoms with Gasteiger partial charge in [-0.05, 0) is 50.2 Å². The zero-order valence-electron chi connectivity index (χ0n) is 18.2. The predicted octanol–water partition coefficient (Wildman–Crippen LogP) is 4.89. The Kier molecular flexibility index (Phi) is 6.62. The highest BCUT2D eigenvalue weighted by atomic mass is 32.1. The van der Waals surface area contributed by atoms with Crippen molar-refractivity contribution >= 4 is 44.9 Å². The highest BCUT2D eigenvalue weighted by Crippen LogP contribution is 2.26. The summed E-state index contributed by atoms with van der Waals surface area (Å²) in [6.45, 7) is 4.34. The molecule has 0 saturated heterocycles. The van der Waals surface area contributed by atoms with E-state index in [1.54, 1.807) is 37.4 Å². The van der Waals surface area contributed by atoms with Crippen LogP contribution in [0.2, 0.25) is 0 Å². The van der Waals surface area contributed by atoms with Crippen molar-refractivity contribution in [3.63, 3.8) is 0 Å². The van der Waals surface area contributed by atoms with Crippen LogP contribution in [0.1, 0.15) is 33.9 Å². The Morgan fingerprint density at radius 3 is 2.58 bits per heavy atom. The van der Waals surface area contributed by atoms with Gasteiger partial charge in [-0.15, -0.1) is 11.3 Å². The number of nitrogens with one attached hydrogen (secondary N) is 2. The average molecular weight is 462 g/mol. The van der Waals surface area contributed by atoms with Gasteiger partial charge in [-0.1, -0.05) is 18.2 Å². The van der Waals surface area contributed by atoms with Gasteiger partial charge in [0.2, 0.25) is 0 Å². The Balaban J connectivity index is 1.53. The van der Waals surface area contributed by atoms with Crippen LogP contribution in [0.4, 0.5) is 11.5 Å². The van der Waals surface area contributed by atoms with E-state index < -0.39 is 5.91 Å². The molecule has 0 unspecified atom stereocenters. The number of fused-ring (bicyclic) bond motifs is 1. The Bertz CT molecular complexity index is 1270. The number of carbonyl (C=O) groups excluding carboxylic acids is 2. The Hall–Kier alpha value is -3.82. The number of pyridine rings is 2. The van der Waals surface area contributed by atoms with Gasteiger partial charge in [0.1, 0.15) is 10.6 Å². The third kappa shape index (κ3) is 4.84. The molecule has 3 aromatic heterocycles. The lowest BCUT2D eigenvalue weighted by Crippen LogP contribution is -2.28. The minimum absolute atomic E-state index is 0.178. The van der Waals surface area contributed by atoms with E-state index in [-0.39, 0.29) is 12.5 Å². The van der Waals surface area contributed by atoms with Crippen LogP contribution in [0.25, 0.3) is 21.5 Å². The molecule has 2 amide bonds. The first kappa shape index (κ1) is 22.4. The maximum atomic E-state index is 12.6. The molecule has 3 N–H and O–H groups in total. The van der Waals surface area contributed by atoms with Gasteiger partial charge in [-0.3, -0.25) is 14.8 Å². The van der Waals surface area contributed by atoms with Gasteiger partial charge in [0.05, 0.1) is 16.1 Å². The van der Waals surface area contributed by atoms with E-state index in [9.17, 15) is 14.8 Å². The van der Waals surface area contributed by atoms with Crippen LogP contribution >= 0.6 is 11.3 Å². The van der Waals surface area contributed by atoms with Gasteiger partial charge in [-0.25, -0.2) is 15.0 Å². The molecule has 0 fully saturated rings. The lowest BCUT2D eigenvalue weighted by molar-refractivity contribution is -0.0541. The van der Waals surface area contributed by atoms with E-state index in [4.69, 9.17) is 0 Å². The molecule has 0 aliphatic heterocycles. The normalized spacial score (nSPS) is 10.8. The van der Waals surface area contributed by atoms with Gasteiger partial charge >= 0.3 is 0 Å². The van der Waals surface area contributed by atoms with Crippen LogP contribution in [-0.2, 0) is 0 Å². The lowest BCUT2D eigenvalue weighted by Gasteiger charge is -2.16. The van der Waals surface area contributed by atoms with Crippen LogP contribution in [0, 0.1) is 0 Å². The minimum Gasteiger partial charge on any atom is -0.370 e. The van der Waals surface area contributed by atoms with E-state index in [0.717, 1.165) is 15.8 Å². The third-order valence-electron chi connectivity index (χ3n) is 4.96. The summed E-state index contributed by atoms with van der Waals surface area (Å²) < 4.78 is 0. The lowest BCUT2D eigenvalue weighted by atomic mass is 10.1. The predicted molar refractivity (Wildman–Crippen MR) is 130 cm³/mol. The number of aromatic nitrogens is 2. The number of anilines is 2. The fourth-order valence-electron chi connectivity index (χ4n) is 3.28. The second-order valence-electron chi connectivity index (χ2n) is 7.18. The van der Waals surface area contributed by atoms with Crippen LogP contribution in [0.15, 0.2) is 60.8 Å². The van der Waals surface area contributed by atoms with E-state index in [1.807, 2.05) is 37.3 Å². The number of benzene rings is 1. The number of nitrogens with zero attached hydrogens (tertiary/aromatic N) is 3. The van der Waals surface area contributed by atoms with Crippen LogP contribution < -0.4 is 10.6 Å². The molecule has 0 aliphatic carbocycles. The number of hydroxylamine groups is 2. The van der Waals surface area contributed by atoms with E-state index in [2.05, 4.69) is 20.6 Å². The second-order valence-corrected chi connectivity index (χ2v) is 8.21. The molecule has 8 nitrogen and oxygen atoms in total. The topological polar surface area (TPSA) is 107 Å². The number of hydrogen-bond acceptors (Lipinski definition) is 7. The van der Waals surface area contributed by atoms with Crippen molar-refractivity contribution in [3.05, 3.63) is 71.2 Å². The molecule has 168 valence electrons. The average Bonchev–Trinajstić information content (AvgIpc) is 3.28. The Morgan fingerprint density at radius 1 is 1.09 bits per heavy atom. The van der Waals surface area contributed by atoms with Crippen molar-refractivity contribution in [2.24, 2.45) is 0 Å². The van der Waals surface area contributed by atoms with Crippen LogP contribution in [0.5, 0.6) is 0 Å². The molecule has 4 aromatic rings. The smallest absolute Gasteiger partial charge is 0.280 e. The summed E-state index contributed by atoms with van der Waals surface area (Å²) in [4.78, 5) is 35.3. The first-order valence-electron chi connectivity index (χ1n) is 10.5. The van der Waals surface area contributed by atoms with E-state index in [0.29, 0.717) is 39.2 Å². The molecule has 4 rings (SSSR count). The fourth-order valence-corrected chi connectivity index (χ4v) is 4.18. The highest BCUT2D eigenvalue weighted by molar-refractivity contribution is 7.20. The van der Waals surface area contributed by atoms with Crippen molar-refractivity contribution < 1.29 is 14.8 Å². The molecule has 3 heterocycles. The van der Waals surface area contributed by atoms with Gasteiger partial charge in [0.15, 0.2) is 0 Å². The first-order chi connectivity index (χ1) is 16.0. The molecule has 0 radical (unpaired) electrons. The quantitative estimate of drug-likeness (QED) is 0.267. The Labute approximate surface area is 194 Å². The molecule has 0 bridgehead atoms. The minimum atomic E-state index is -0.512. The van der Waals surface area contributed by atoms with Gasteiger partial charge in [0.25, 0.3) is 11.8 Å². The molecule has 0 atom stereocenters. The first-order valence-corrected chi connectivity index (χ1v) is 11.3. The van der Waals surface area contributed by atoms with Crippen LogP contribution in [-0.4, -0.2) is 45.1 Å². The molecule has 0 aliphatic rings. The van der Waals surface area contributed by atoms with Crippen molar-refractivity contribution in [1.29, 1.82) is 0 Å². The van der Waals surface area contributed by atoms with Crippen molar-refractivity contribution in [2.75, 3.05) is 23.7 Å². The summed E-state index contributed by atoms with van der Waals surface area (Å²) >= 11 is 1.35. The second kappa shape index (κ2) is 9.76. The number of carbonyl (C=O) groups is 2. The highest BCUT2D eigenvalue weighted by Gasteiger charge is 2.18. The van der Waals surface area contributed by atoms with Gasteiger partial charge in [-0.2, -0.15) is 0 Å². The number of amides is 2. The van der Waals surface area contributed by atoms with E-state index >= 15 is 0 Å². The maximum Gasteiger partial charge on any atom is 0.280 e. The molecule has 1 aromatic carbocycles. The zero-order chi connectivity index (χ0) is 23.4. The molecule has 33 heavy (non-hydrogen) atoms. The fraction of sp³-hybridized carbons (Fsp3) is 0.167.